The molecule has 1 saturated heterocycles. The first-order valence-corrected chi connectivity index (χ1v) is 14.9. The molecule has 232 valence electrons. The molecule has 7 atom stereocenters. The van der Waals surface area contributed by atoms with E-state index in [0.29, 0.717) is 11.0 Å². The third kappa shape index (κ3) is 7.36. The molecule has 17 nitrogen and oxygen atoms in total. The van der Waals surface area contributed by atoms with Gasteiger partial charge in [0.25, 0.3) is 0 Å². The molecule has 2 aromatic rings. The number of hydrogen-bond acceptors (Lipinski definition) is 12. The van der Waals surface area contributed by atoms with Gasteiger partial charge in [-0.25, -0.2) is 20.1 Å². The van der Waals surface area contributed by atoms with Crippen LogP contribution in [-0.4, -0.2) is 80.2 Å². The van der Waals surface area contributed by atoms with Crippen molar-refractivity contribution in [3.63, 3.8) is 0 Å². The van der Waals surface area contributed by atoms with Gasteiger partial charge in [-0.2, -0.15) is 0 Å². The first kappa shape index (κ1) is 33.2. The number of fused-ring (bicyclic) bond motifs is 1. The highest BCUT2D eigenvalue weighted by Gasteiger charge is 2.54. The number of nitrogen functional groups attached to an aromatic ring is 1. The summed E-state index contributed by atoms with van der Waals surface area (Å²) in [6.45, 7) is 10.4. The van der Waals surface area contributed by atoms with Gasteiger partial charge in [0, 0.05) is 11.1 Å². The molecular formula is C24H38N9O8P. The van der Waals surface area contributed by atoms with Gasteiger partial charge in [-0.05, 0) is 60.1 Å². The Morgan fingerprint density at radius 1 is 1.19 bits per heavy atom. The number of aliphatic hydroxyl groups is 1. The summed E-state index contributed by atoms with van der Waals surface area (Å²) in [7, 11) is -4.23. The smallest absolute Gasteiger partial charge is 0.342 e. The van der Waals surface area contributed by atoms with Crippen LogP contribution in [0.2, 0.25) is 0 Å². The molecule has 3 heterocycles. The second kappa shape index (κ2) is 13.3. The van der Waals surface area contributed by atoms with E-state index in [-0.39, 0.29) is 5.82 Å². The Morgan fingerprint density at radius 3 is 2.29 bits per heavy atom. The largest absolute Gasteiger partial charge is 0.462 e. The molecule has 0 amide bonds. The van der Waals surface area contributed by atoms with Gasteiger partial charge in [0.2, 0.25) is 0 Å². The Kier molecular flexibility index (Phi) is 10.5. The lowest BCUT2D eigenvalue weighted by Gasteiger charge is -2.29. The first-order chi connectivity index (χ1) is 19.6. The topological polar surface area (TPSA) is 238 Å². The maximum absolute atomic E-state index is 14.0. The molecule has 42 heavy (non-hydrogen) atoms. The highest BCUT2D eigenvalue weighted by molar-refractivity contribution is 7.54. The minimum absolute atomic E-state index is 0.219. The molecule has 0 spiro atoms. The van der Waals surface area contributed by atoms with Gasteiger partial charge in [0.15, 0.2) is 0 Å². The fourth-order valence-corrected chi connectivity index (χ4v) is 6.15. The lowest BCUT2D eigenvalue weighted by atomic mass is 9.93. The summed E-state index contributed by atoms with van der Waals surface area (Å²) in [5, 5.41) is 20.7. The number of nitrogens with zero attached hydrogens (tertiary/aromatic N) is 6. The van der Waals surface area contributed by atoms with Crippen LogP contribution >= 0.6 is 7.67 Å². The summed E-state index contributed by atoms with van der Waals surface area (Å²) in [5.41, 5.74) is 14.1. The summed E-state index contributed by atoms with van der Waals surface area (Å²) in [6, 6.07) is -0.588. The van der Waals surface area contributed by atoms with Crippen LogP contribution in [0.25, 0.3) is 21.5 Å². The Bertz CT molecular complexity index is 1350. The molecule has 0 aliphatic carbocycles. The monoisotopic (exact) mass is 611 g/mol. The van der Waals surface area contributed by atoms with E-state index in [1.165, 1.54) is 31.7 Å². The second-order valence-corrected chi connectivity index (χ2v) is 12.5. The van der Waals surface area contributed by atoms with Gasteiger partial charge in [-0.3, -0.25) is 14.2 Å². The Labute approximate surface area is 242 Å². The molecule has 2 aromatic heterocycles. The van der Waals surface area contributed by atoms with Crippen LogP contribution in [0.3, 0.4) is 0 Å². The number of nitrogens with two attached hydrogens (primary N) is 1. The summed E-state index contributed by atoms with van der Waals surface area (Å²) >= 11 is 0. The molecule has 3 rings (SSSR count). The van der Waals surface area contributed by atoms with E-state index < -0.39 is 74.5 Å². The van der Waals surface area contributed by atoms with Crippen molar-refractivity contribution in [3.05, 3.63) is 29.0 Å². The maximum Gasteiger partial charge on any atom is 0.342 e. The fourth-order valence-electron chi connectivity index (χ4n) is 4.34. The molecule has 1 fully saturated rings. The SMILES string of the molecule is CC(C)OC(=O)[C@H](C)NP(=O)(N[C@H](C)C(=O)OC(C)C)OC[C@H]1O[C@@H](n2ccc3c(N)ncnc32)[C@](C)(N=[N+]=[N-])[C@@H]1O. The van der Waals surface area contributed by atoms with Crippen molar-refractivity contribution in [2.75, 3.05) is 12.3 Å². The van der Waals surface area contributed by atoms with Crippen molar-refractivity contribution < 1.29 is 38.0 Å². The predicted octanol–water partition coefficient (Wildman–Crippen LogP) is 2.32. The fraction of sp³-hybridized carbons (Fsp3) is 0.667. The summed E-state index contributed by atoms with van der Waals surface area (Å²) in [4.78, 5) is 36.0. The lowest BCUT2D eigenvalue weighted by molar-refractivity contribution is -0.149. The number of hydrogen-bond donors (Lipinski definition) is 4. The summed E-state index contributed by atoms with van der Waals surface area (Å²) < 4.78 is 37.7. The zero-order valence-corrected chi connectivity index (χ0v) is 25.4. The van der Waals surface area contributed by atoms with E-state index in [1.54, 1.807) is 40.0 Å². The van der Waals surface area contributed by atoms with Crippen LogP contribution < -0.4 is 15.9 Å². The van der Waals surface area contributed by atoms with Gasteiger partial charge >= 0.3 is 19.6 Å². The molecule has 1 aliphatic heterocycles. The van der Waals surface area contributed by atoms with Crippen molar-refractivity contribution in [2.24, 2.45) is 5.11 Å². The van der Waals surface area contributed by atoms with Gasteiger partial charge < -0.3 is 34.1 Å². The number of rotatable bonds is 13. The Morgan fingerprint density at radius 2 is 1.76 bits per heavy atom. The van der Waals surface area contributed by atoms with Crippen LogP contribution in [0.1, 0.15) is 54.7 Å². The summed E-state index contributed by atoms with van der Waals surface area (Å²) in [6.07, 6.45) is -1.72. The van der Waals surface area contributed by atoms with E-state index in [0.717, 1.165) is 0 Å². The van der Waals surface area contributed by atoms with Gasteiger partial charge in [-0.1, -0.05) is 5.11 Å². The van der Waals surface area contributed by atoms with Gasteiger partial charge in [0.1, 0.15) is 47.7 Å². The van der Waals surface area contributed by atoms with Crippen molar-refractivity contribution >= 4 is 36.5 Å². The van der Waals surface area contributed by atoms with E-state index >= 15 is 0 Å². The van der Waals surface area contributed by atoms with Gasteiger partial charge in [0.05, 0.1) is 30.3 Å². The maximum atomic E-state index is 14.0. The molecule has 1 unspecified atom stereocenters. The van der Waals surface area contributed by atoms with E-state index in [4.69, 9.17) is 24.5 Å². The molecule has 0 bridgehead atoms. The number of esters is 2. The number of carbonyl (C=O) groups is 2. The molecule has 0 saturated carbocycles. The number of aliphatic hydroxyl groups excluding tert-OH is 1. The molecule has 18 heteroatoms. The minimum Gasteiger partial charge on any atom is -0.462 e. The number of ether oxygens (including phenoxy) is 3. The predicted molar refractivity (Wildman–Crippen MR) is 151 cm³/mol. The van der Waals surface area contributed by atoms with Crippen LogP contribution in [0.4, 0.5) is 5.82 Å². The van der Waals surface area contributed by atoms with E-state index in [9.17, 15) is 24.8 Å². The van der Waals surface area contributed by atoms with Crippen molar-refractivity contribution in [1.29, 1.82) is 0 Å². The zero-order valence-electron chi connectivity index (χ0n) is 24.5. The number of azide groups is 1. The zero-order chi connectivity index (χ0) is 31.4. The second-order valence-electron chi connectivity index (χ2n) is 10.6. The standard InChI is InChI=1S/C24H38N9O8P/c1-12(2)39-21(35)14(5)29-42(37,30-15(6)22(36)40-13(3)4)38-10-17-18(34)24(7,31-32-26)23(41-17)33-9-8-16-19(25)27-11-28-20(16)33/h8-9,11-15,17-18,23,34H,10H2,1-7H3,(H2,25,27,28)(H2,29,30,37)/t14-,15+,17-,18-,23-,24-,42?/m1/s1. The molecule has 5 N–H and O–H groups in total. The van der Waals surface area contributed by atoms with Crippen LogP contribution in [0.5, 0.6) is 0 Å². The quantitative estimate of drug-likeness (QED) is 0.0837. The highest BCUT2D eigenvalue weighted by atomic mass is 31.2. The number of carbonyl (C=O) groups excluding carboxylic acids is 2. The number of anilines is 1. The molecule has 0 radical (unpaired) electrons. The molecule has 0 aromatic carbocycles. The third-order valence-electron chi connectivity index (χ3n) is 6.37. The van der Waals surface area contributed by atoms with Crippen molar-refractivity contribution in [2.45, 2.75) is 96.7 Å². The average molecular weight is 612 g/mol. The van der Waals surface area contributed by atoms with Crippen LogP contribution in [-0.2, 0) is 32.9 Å². The van der Waals surface area contributed by atoms with Crippen LogP contribution in [0, 0.1) is 0 Å². The Hall–Kier alpha value is -3.30. The van der Waals surface area contributed by atoms with E-state index in [1.807, 2.05) is 0 Å². The molecular weight excluding hydrogens is 573 g/mol. The van der Waals surface area contributed by atoms with Crippen LogP contribution in [0.15, 0.2) is 23.7 Å². The molecule has 1 aliphatic rings. The Balaban J connectivity index is 1.88. The van der Waals surface area contributed by atoms with Gasteiger partial charge in [-0.15, -0.1) is 0 Å². The van der Waals surface area contributed by atoms with Crippen molar-refractivity contribution in [3.8, 4) is 0 Å². The number of nitrogens with one attached hydrogen (secondary N) is 2. The highest BCUT2D eigenvalue weighted by Crippen LogP contribution is 2.46. The summed E-state index contributed by atoms with van der Waals surface area (Å²) in [5.74, 6) is -1.19. The minimum atomic E-state index is -4.23. The average Bonchev–Trinajstić information content (AvgIpc) is 3.42. The van der Waals surface area contributed by atoms with Crippen molar-refractivity contribution in [1.82, 2.24) is 24.7 Å². The first-order valence-electron chi connectivity index (χ1n) is 13.3. The normalized spacial score (nSPS) is 25.1. The lowest BCUT2D eigenvalue weighted by Crippen LogP contribution is -2.45. The third-order valence-corrected chi connectivity index (χ3v) is 8.33. The number of aromatic nitrogens is 3. The van der Waals surface area contributed by atoms with E-state index in [2.05, 4.69) is 30.2 Å².